The molecule has 0 radical (unpaired) electrons. The molecule has 5 nitrogen and oxygen atoms in total. The zero-order valence-electron chi connectivity index (χ0n) is 13.8. The summed E-state index contributed by atoms with van der Waals surface area (Å²) in [6, 6.07) is 7.80. The lowest BCUT2D eigenvalue weighted by Gasteiger charge is -2.13. The Morgan fingerprint density at radius 1 is 1.04 bits per heavy atom. The fourth-order valence-electron chi connectivity index (χ4n) is 2.03. The van der Waals surface area contributed by atoms with E-state index in [2.05, 4.69) is 5.32 Å². The van der Waals surface area contributed by atoms with Crippen LogP contribution in [0.5, 0.6) is 17.2 Å². The molecule has 0 aliphatic heterocycles. The van der Waals surface area contributed by atoms with Gasteiger partial charge in [-0.25, -0.2) is 0 Å². The number of carbonyl (C=O) groups excluding carboxylic acids is 1. The van der Waals surface area contributed by atoms with E-state index in [0.29, 0.717) is 17.2 Å². The van der Waals surface area contributed by atoms with Crippen LogP contribution in [0.25, 0.3) is 0 Å². The summed E-state index contributed by atoms with van der Waals surface area (Å²) in [6.07, 6.45) is -4.62. The van der Waals surface area contributed by atoms with Crippen molar-refractivity contribution in [3.05, 3.63) is 47.0 Å². The third-order valence-corrected chi connectivity index (χ3v) is 3.58. The van der Waals surface area contributed by atoms with Crippen LogP contribution in [0, 0.1) is 0 Å². The zero-order chi connectivity index (χ0) is 19.3. The molecule has 0 saturated carbocycles. The van der Waals surface area contributed by atoms with Crippen molar-refractivity contribution in [2.75, 3.05) is 26.1 Å². The summed E-state index contributed by atoms with van der Waals surface area (Å²) in [4.78, 5) is 11.9. The molecule has 2 aromatic rings. The normalized spacial score (nSPS) is 11.0. The number of anilines is 1. The molecule has 0 aliphatic rings. The van der Waals surface area contributed by atoms with Crippen molar-refractivity contribution >= 4 is 23.2 Å². The van der Waals surface area contributed by atoms with E-state index in [1.807, 2.05) is 0 Å². The number of amides is 1. The first kappa shape index (κ1) is 19.7. The molecule has 0 heterocycles. The average Bonchev–Trinajstić information content (AvgIpc) is 2.60. The second-order valence-electron chi connectivity index (χ2n) is 5.08. The summed E-state index contributed by atoms with van der Waals surface area (Å²) < 4.78 is 54.0. The van der Waals surface area contributed by atoms with Crippen LogP contribution in [0.1, 0.15) is 5.56 Å². The summed E-state index contributed by atoms with van der Waals surface area (Å²) >= 11 is 5.53. The molecule has 0 spiro atoms. The van der Waals surface area contributed by atoms with E-state index < -0.39 is 29.3 Å². The molecule has 0 aromatic heterocycles. The van der Waals surface area contributed by atoms with Gasteiger partial charge in [-0.05, 0) is 18.2 Å². The van der Waals surface area contributed by atoms with Gasteiger partial charge in [0.05, 0.1) is 24.8 Å². The number of carbonyl (C=O) groups is 1. The number of methoxy groups -OCH3 is 2. The van der Waals surface area contributed by atoms with Gasteiger partial charge in [0.15, 0.2) is 6.61 Å². The topological polar surface area (TPSA) is 56.8 Å². The van der Waals surface area contributed by atoms with Crippen LogP contribution in [0.15, 0.2) is 36.4 Å². The second kappa shape index (κ2) is 8.18. The van der Waals surface area contributed by atoms with Crippen LogP contribution < -0.4 is 19.5 Å². The van der Waals surface area contributed by atoms with Crippen LogP contribution in [0.3, 0.4) is 0 Å². The standard InChI is InChI=1S/C17H15ClF3NO4/c1-24-11-6-12(25-2)8-13(7-11)26-9-16(23)22-10-3-4-15(18)14(5-10)17(19,20)21/h3-8H,9H2,1-2H3,(H,22,23). The molecular formula is C17H15ClF3NO4. The van der Waals surface area contributed by atoms with Gasteiger partial charge in [-0.1, -0.05) is 11.6 Å². The number of nitrogens with one attached hydrogen (secondary N) is 1. The van der Waals surface area contributed by atoms with Crippen LogP contribution in [0.4, 0.5) is 18.9 Å². The lowest BCUT2D eigenvalue weighted by Crippen LogP contribution is -2.20. The van der Waals surface area contributed by atoms with E-state index >= 15 is 0 Å². The first-order chi connectivity index (χ1) is 12.2. The van der Waals surface area contributed by atoms with Gasteiger partial charge in [0, 0.05) is 23.9 Å². The smallest absolute Gasteiger partial charge is 0.417 e. The quantitative estimate of drug-likeness (QED) is 0.796. The Hall–Kier alpha value is -2.61. The number of hydrogen-bond acceptors (Lipinski definition) is 4. The molecular weight excluding hydrogens is 375 g/mol. The van der Waals surface area contributed by atoms with Gasteiger partial charge in [0.2, 0.25) is 0 Å². The van der Waals surface area contributed by atoms with Crippen molar-refractivity contribution < 1.29 is 32.2 Å². The highest BCUT2D eigenvalue weighted by molar-refractivity contribution is 6.31. The predicted octanol–water partition coefficient (Wildman–Crippen LogP) is 4.39. The molecule has 2 aromatic carbocycles. The maximum absolute atomic E-state index is 12.8. The number of halogens is 4. The van der Waals surface area contributed by atoms with E-state index in [4.69, 9.17) is 25.8 Å². The Morgan fingerprint density at radius 2 is 1.62 bits per heavy atom. The average molecular weight is 390 g/mol. The highest BCUT2D eigenvalue weighted by atomic mass is 35.5. The summed E-state index contributed by atoms with van der Waals surface area (Å²) in [5.41, 5.74) is -1.08. The number of rotatable bonds is 6. The molecule has 2 rings (SSSR count). The lowest BCUT2D eigenvalue weighted by atomic mass is 10.2. The fraction of sp³-hybridized carbons (Fsp3) is 0.235. The van der Waals surface area contributed by atoms with Crippen LogP contribution >= 0.6 is 11.6 Å². The summed E-state index contributed by atoms with van der Waals surface area (Å²) in [7, 11) is 2.92. The summed E-state index contributed by atoms with van der Waals surface area (Å²) in [5, 5.41) is 1.88. The molecule has 1 N–H and O–H groups in total. The number of hydrogen-bond donors (Lipinski definition) is 1. The lowest BCUT2D eigenvalue weighted by molar-refractivity contribution is -0.137. The number of ether oxygens (including phenoxy) is 3. The fourth-order valence-corrected chi connectivity index (χ4v) is 2.26. The molecule has 0 bridgehead atoms. The minimum absolute atomic E-state index is 0.0430. The summed E-state index contributed by atoms with van der Waals surface area (Å²) in [5.74, 6) is 0.602. The van der Waals surface area contributed by atoms with E-state index in [-0.39, 0.29) is 5.69 Å². The Kier molecular flexibility index (Phi) is 6.20. The summed E-state index contributed by atoms with van der Waals surface area (Å²) in [6.45, 7) is -0.416. The first-order valence-electron chi connectivity index (χ1n) is 7.25. The maximum Gasteiger partial charge on any atom is 0.417 e. The monoisotopic (exact) mass is 389 g/mol. The van der Waals surface area contributed by atoms with Crippen molar-refractivity contribution in [2.24, 2.45) is 0 Å². The highest BCUT2D eigenvalue weighted by Crippen LogP contribution is 2.36. The molecule has 0 fully saturated rings. The Balaban J connectivity index is 2.04. The van der Waals surface area contributed by atoms with Crippen LogP contribution in [-0.2, 0) is 11.0 Å². The molecule has 140 valence electrons. The zero-order valence-corrected chi connectivity index (χ0v) is 14.6. The molecule has 0 aliphatic carbocycles. The SMILES string of the molecule is COc1cc(OC)cc(OCC(=O)Nc2ccc(Cl)c(C(F)(F)F)c2)c1. The third kappa shape index (κ3) is 5.19. The maximum atomic E-state index is 12.8. The van der Waals surface area contributed by atoms with Crippen LogP contribution in [-0.4, -0.2) is 26.7 Å². The van der Waals surface area contributed by atoms with E-state index in [1.54, 1.807) is 18.2 Å². The van der Waals surface area contributed by atoms with E-state index in [1.165, 1.54) is 20.3 Å². The molecule has 26 heavy (non-hydrogen) atoms. The van der Waals surface area contributed by atoms with Gasteiger partial charge in [-0.3, -0.25) is 4.79 Å². The molecule has 9 heteroatoms. The Morgan fingerprint density at radius 3 is 2.15 bits per heavy atom. The van der Waals surface area contributed by atoms with Gasteiger partial charge in [-0.2, -0.15) is 13.2 Å². The largest absolute Gasteiger partial charge is 0.496 e. The predicted molar refractivity (Wildman–Crippen MR) is 90.1 cm³/mol. The van der Waals surface area contributed by atoms with Gasteiger partial charge in [0.1, 0.15) is 17.2 Å². The first-order valence-corrected chi connectivity index (χ1v) is 7.63. The van der Waals surface area contributed by atoms with Crippen molar-refractivity contribution in [1.29, 1.82) is 0 Å². The van der Waals surface area contributed by atoms with Crippen molar-refractivity contribution in [3.63, 3.8) is 0 Å². The van der Waals surface area contributed by atoms with Gasteiger partial charge >= 0.3 is 6.18 Å². The molecule has 0 saturated heterocycles. The van der Waals surface area contributed by atoms with Gasteiger partial charge in [-0.15, -0.1) is 0 Å². The Bertz CT molecular complexity index is 774. The minimum atomic E-state index is -4.62. The highest BCUT2D eigenvalue weighted by Gasteiger charge is 2.33. The second-order valence-corrected chi connectivity index (χ2v) is 5.48. The van der Waals surface area contributed by atoms with Crippen molar-refractivity contribution in [1.82, 2.24) is 0 Å². The van der Waals surface area contributed by atoms with Crippen LogP contribution in [0.2, 0.25) is 5.02 Å². The van der Waals surface area contributed by atoms with Gasteiger partial charge < -0.3 is 19.5 Å². The minimum Gasteiger partial charge on any atom is -0.496 e. The van der Waals surface area contributed by atoms with Gasteiger partial charge in [0.25, 0.3) is 5.91 Å². The molecule has 0 unspecified atom stereocenters. The van der Waals surface area contributed by atoms with Crippen molar-refractivity contribution in [2.45, 2.75) is 6.18 Å². The Labute approximate surface area is 152 Å². The molecule has 0 atom stereocenters. The number of benzene rings is 2. The van der Waals surface area contributed by atoms with E-state index in [9.17, 15) is 18.0 Å². The van der Waals surface area contributed by atoms with E-state index in [0.717, 1.165) is 12.1 Å². The van der Waals surface area contributed by atoms with Crippen molar-refractivity contribution in [3.8, 4) is 17.2 Å². The molecule has 1 amide bonds. The number of alkyl halides is 3. The third-order valence-electron chi connectivity index (χ3n) is 3.25.